The molecule has 0 aliphatic carbocycles. The van der Waals surface area contributed by atoms with Crippen molar-refractivity contribution in [1.29, 1.82) is 0 Å². The highest BCUT2D eigenvalue weighted by atomic mass is 16.5. The molecule has 0 aromatic rings. The predicted octanol–water partition coefficient (Wildman–Crippen LogP) is 2.02. The van der Waals surface area contributed by atoms with Gasteiger partial charge >= 0.3 is 0 Å². The molecule has 2 bridgehead atoms. The Kier molecular flexibility index (Phi) is 3.92. The molecule has 1 N–H and O–H groups in total. The summed E-state index contributed by atoms with van der Waals surface area (Å²) in [4.78, 5) is 2.77. The summed E-state index contributed by atoms with van der Waals surface area (Å²) < 4.78 is 5.58. The lowest BCUT2D eigenvalue weighted by molar-refractivity contribution is 0.0697. The minimum Gasteiger partial charge on any atom is -0.381 e. The third-order valence-corrected chi connectivity index (χ3v) is 5.45. The minimum absolute atomic E-state index is 0.694. The van der Waals surface area contributed by atoms with Gasteiger partial charge in [0.25, 0.3) is 0 Å². The van der Waals surface area contributed by atoms with Gasteiger partial charge in [0, 0.05) is 30.8 Å². The van der Waals surface area contributed by atoms with Gasteiger partial charge in [0.05, 0.1) is 6.61 Å². The van der Waals surface area contributed by atoms with E-state index in [2.05, 4.69) is 24.1 Å². The molecule has 0 aromatic heterocycles. The molecule has 18 heavy (non-hydrogen) atoms. The van der Waals surface area contributed by atoms with Crippen molar-refractivity contribution < 1.29 is 4.74 Å². The van der Waals surface area contributed by atoms with E-state index in [9.17, 15) is 0 Å². The van der Waals surface area contributed by atoms with E-state index in [0.717, 1.165) is 37.3 Å². The largest absolute Gasteiger partial charge is 0.381 e. The minimum atomic E-state index is 0.694. The molecule has 0 aromatic carbocycles. The highest BCUT2D eigenvalue weighted by Crippen LogP contribution is 2.32. The highest BCUT2D eigenvalue weighted by Gasteiger charge is 2.38. The van der Waals surface area contributed by atoms with Crippen LogP contribution in [0.25, 0.3) is 0 Å². The normalized spacial score (nSPS) is 41.5. The molecule has 4 unspecified atom stereocenters. The van der Waals surface area contributed by atoms with Crippen molar-refractivity contribution in [2.24, 2.45) is 5.92 Å². The van der Waals surface area contributed by atoms with E-state index in [0.29, 0.717) is 6.04 Å². The van der Waals surface area contributed by atoms with Crippen LogP contribution < -0.4 is 5.32 Å². The van der Waals surface area contributed by atoms with Crippen LogP contribution in [0.1, 0.15) is 46.0 Å². The molecule has 3 heterocycles. The molecule has 3 aliphatic rings. The Balaban J connectivity index is 1.64. The van der Waals surface area contributed by atoms with Crippen LogP contribution in [0.3, 0.4) is 0 Å². The lowest BCUT2D eigenvalue weighted by Crippen LogP contribution is -2.52. The molecule has 3 heteroatoms. The molecule has 0 saturated carbocycles. The van der Waals surface area contributed by atoms with Crippen molar-refractivity contribution in [1.82, 2.24) is 10.2 Å². The lowest BCUT2D eigenvalue weighted by Gasteiger charge is -2.42. The maximum Gasteiger partial charge on any atom is 0.0509 e. The highest BCUT2D eigenvalue weighted by molar-refractivity contribution is 4.97. The monoisotopic (exact) mass is 252 g/mol. The second-order valence-electron chi connectivity index (χ2n) is 6.46. The molecule has 0 spiro atoms. The molecular weight excluding hydrogens is 224 g/mol. The summed E-state index contributed by atoms with van der Waals surface area (Å²) in [6.07, 6.45) is 6.79. The number of ether oxygens (including phenoxy) is 1. The SMILES string of the molecule is CCN(C1CC2CCC(C1)N2)C(C)C1CCOC1. The molecule has 3 saturated heterocycles. The standard InChI is InChI=1S/C15H28N2O/c1-3-17(11(2)12-6-7-18-10-12)15-8-13-4-5-14(9-15)16-13/h11-16H,3-10H2,1-2H3. The summed E-state index contributed by atoms with van der Waals surface area (Å²) in [7, 11) is 0. The number of fused-ring (bicyclic) bond motifs is 2. The zero-order valence-electron chi connectivity index (χ0n) is 11.9. The molecule has 0 amide bonds. The van der Waals surface area contributed by atoms with Gasteiger partial charge in [-0.3, -0.25) is 4.90 Å². The molecule has 3 rings (SSSR count). The number of piperidine rings is 1. The van der Waals surface area contributed by atoms with Crippen LogP contribution in [-0.2, 0) is 4.74 Å². The van der Waals surface area contributed by atoms with Gasteiger partial charge in [0.15, 0.2) is 0 Å². The number of nitrogens with zero attached hydrogens (tertiary/aromatic N) is 1. The van der Waals surface area contributed by atoms with Gasteiger partial charge in [0.2, 0.25) is 0 Å². The smallest absolute Gasteiger partial charge is 0.0509 e. The fourth-order valence-corrected chi connectivity index (χ4v) is 4.38. The lowest BCUT2D eigenvalue weighted by atomic mass is 9.92. The van der Waals surface area contributed by atoms with E-state index in [1.54, 1.807) is 0 Å². The second kappa shape index (κ2) is 5.48. The Bertz CT molecular complexity index is 266. The third-order valence-electron chi connectivity index (χ3n) is 5.45. The molecule has 3 nitrogen and oxygen atoms in total. The Labute approximate surface area is 111 Å². The van der Waals surface area contributed by atoms with Gasteiger partial charge in [-0.2, -0.15) is 0 Å². The van der Waals surface area contributed by atoms with Gasteiger partial charge in [-0.1, -0.05) is 6.92 Å². The van der Waals surface area contributed by atoms with Crippen molar-refractivity contribution in [3.8, 4) is 0 Å². The average molecular weight is 252 g/mol. The second-order valence-corrected chi connectivity index (χ2v) is 6.46. The molecule has 104 valence electrons. The molecule has 3 fully saturated rings. The van der Waals surface area contributed by atoms with Gasteiger partial charge in [-0.15, -0.1) is 0 Å². The summed E-state index contributed by atoms with van der Waals surface area (Å²) >= 11 is 0. The summed E-state index contributed by atoms with van der Waals surface area (Å²) in [5.74, 6) is 0.762. The molecule has 3 aliphatic heterocycles. The van der Waals surface area contributed by atoms with E-state index in [4.69, 9.17) is 4.74 Å². The van der Waals surface area contributed by atoms with Crippen molar-refractivity contribution in [2.45, 2.75) is 70.1 Å². The van der Waals surface area contributed by atoms with Crippen LogP contribution in [0.4, 0.5) is 0 Å². The molecule has 0 radical (unpaired) electrons. The van der Waals surface area contributed by atoms with Crippen LogP contribution >= 0.6 is 0 Å². The van der Waals surface area contributed by atoms with Gasteiger partial charge in [-0.05, 0) is 51.5 Å². The van der Waals surface area contributed by atoms with Crippen molar-refractivity contribution in [3.63, 3.8) is 0 Å². The first-order valence-corrected chi connectivity index (χ1v) is 7.87. The summed E-state index contributed by atoms with van der Waals surface area (Å²) in [5.41, 5.74) is 0. The first-order valence-electron chi connectivity index (χ1n) is 7.87. The zero-order chi connectivity index (χ0) is 12.5. The first-order chi connectivity index (χ1) is 8.78. The first kappa shape index (κ1) is 12.9. The van der Waals surface area contributed by atoms with Gasteiger partial charge < -0.3 is 10.1 Å². The average Bonchev–Trinajstić information content (AvgIpc) is 3.00. The van der Waals surface area contributed by atoms with E-state index in [1.807, 2.05) is 0 Å². The Hall–Kier alpha value is -0.120. The van der Waals surface area contributed by atoms with E-state index < -0.39 is 0 Å². The Morgan fingerprint density at radius 3 is 2.50 bits per heavy atom. The van der Waals surface area contributed by atoms with Crippen LogP contribution in [-0.4, -0.2) is 48.8 Å². The van der Waals surface area contributed by atoms with Crippen LogP contribution in [0.2, 0.25) is 0 Å². The Morgan fingerprint density at radius 2 is 1.94 bits per heavy atom. The number of rotatable bonds is 4. The van der Waals surface area contributed by atoms with E-state index in [-0.39, 0.29) is 0 Å². The summed E-state index contributed by atoms with van der Waals surface area (Å²) in [6, 6.07) is 3.11. The third kappa shape index (κ3) is 2.45. The quantitative estimate of drug-likeness (QED) is 0.828. The van der Waals surface area contributed by atoms with Crippen LogP contribution in [0.15, 0.2) is 0 Å². The number of hydrogen-bond donors (Lipinski definition) is 1. The maximum atomic E-state index is 5.58. The summed E-state index contributed by atoms with van der Waals surface area (Å²) in [5, 5.41) is 3.76. The van der Waals surface area contributed by atoms with Gasteiger partial charge in [0.1, 0.15) is 0 Å². The number of nitrogens with one attached hydrogen (secondary N) is 1. The topological polar surface area (TPSA) is 24.5 Å². The van der Waals surface area contributed by atoms with Gasteiger partial charge in [-0.25, -0.2) is 0 Å². The fourth-order valence-electron chi connectivity index (χ4n) is 4.38. The Morgan fingerprint density at radius 1 is 1.22 bits per heavy atom. The van der Waals surface area contributed by atoms with Crippen LogP contribution in [0, 0.1) is 5.92 Å². The van der Waals surface area contributed by atoms with E-state index in [1.165, 1.54) is 38.6 Å². The van der Waals surface area contributed by atoms with Crippen molar-refractivity contribution in [3.05, 3.63) is 0 Å². The van der Waals surface area contributed by atoms with Crippen molar-refractivity contribution in [2.75, 3.05) is 19.8 Å². The van der Waals surface area contributed by atoms with Crippen molar-refractivity contribution >= 4 is 0 Å². The maximum absolute atomic E-state index is 5.58. The number of hydrogen-bond acceptors (Lipinski definition) is 3. The molecule has 4 atom stereocenters. The molecular formula is C15H28N2O. The summed E-state index contributed by atoms with van der Waals surface area (Å²) in [6.45, 7) is 7.91. The predicted molar refractivity (Wildman–Crippen MR) is 73.7 cm³/mol. The van der Waals surface area contributed by atoms with Crippen LogP contribution in [0.5, 0.6) is 0 Å². The van der Waals surface area contributed by atoms with E-state index >= 15 is 0 Å². The zero-order valence-corrected chi connectivity index (χ0v) is 11.9. The fraction of sp³-hybridized carbons (Fsp3) is 1.00.